The van der Waals surface area contributed by atoms with Gasteiger partial charge in [0.05, 0.1) is 0 Å². The molecule has 0 unspecified atom stereocenters. The van der Waals surface area contributed by atoms with Gasteiger partial charge < -0.3 is 9.26 Å². The predicted octanol–water partition coefficient (Wildman–Crippen LogP) is 2.08. The molecule has 106 valence electrons. The van der Waals surface area contributed by atoms with E-state index in [0.29, 0.717) is 17.0 Å². The zero-order chi connectivity index (χ0) is 14.8. The Morgan fingerprint density at radius 1 is 1.30 bits per heavy atom. The maximum Gasteiger partial charge on any atom is 0.573 e. The van der Waals surface area contributed by atoms with Crippen molar-refractivity contribution in [1.29, 1.82) is 0 Å². The summed E-state index contributed by atoms with van der Waals surface area (Å²) in [6, 6.07) is 6.34. The van der Waals surface area contributed by atoms with E-state index in [2.05, 4.69) is 9.89 Å². The van der Waals surface area contributed by atoms with Crippen LogP contribution in [0, 0.1) is 0 Å². The van der Waals surface area contributed by atoms with Gasteiger partial charge >= 0.3 is 6.36 Å². The smallest absolute Gasteiger partial charge is 0.406 e. The van der Waals surface area contributed by atoms with E-state index in [-0.39, 0.29) is 17.3 Å². The van der Waals surface area contributed by atoms with E-state index in [1.807, 2.05) is 0 Å². The highest BCUT2D eigenvalue weighted by atomic mass is 19.4. The number of aromatic nitrogens is 1. The molecule has 0 aliphatic carbocycles. The maximum atomic E-state index is 12.0. The number of nitrogens with zero attached hydrogens (tertiary/aromatic N) is 2. The minimum atomic E-state index is -4.75. The highest BCUT2D eigenvalue weighted by Gasteiger charge is 2.31. The number of hydrazine groups is 1. The van der Waals surface area contributed by atoms with E-state index < -0.39 is 6.36 Å². The van der Waals surface area contributed by atoms with Gasteiger partial charge in [0.15, 0.2) is 11.6 Å². The quantitative estimate of drug-likeness (QED) is 0.403. The van der Waals surface area contributed by atoms with Crippen LogP contribution in [-0.4, -0.2) is 17.9 Å². The Kier molecular flexibility index (Phi) is 3.61. The third-order valence-corrected chi connectivity index (χ3v) is 2.25. The monoisotopic (exact) mass is 287 g/mol. The Morgan fingerprint density at radius 2 is 1.95 bits per heavy atom. The molecule has 2 rings (SSSR count). The molecule has 1 aromatic carbocycles. The van der Waals surface area contributed by atoms with Gasteiger partial charge in [0, 0.05) is 11.6 Å². The van der Waals surface area contributed by atoms with Crippen molar-refractivity contribution in [1.82, 2.24) is 5.16 Å². The van der Waals surface area contributed by atoms with E-state index in [4.69, 9.17) is 10.4 Å². The second-order valence-electron chi connectivity index (χ2n) is 3.63. The zero-order valence-electron chi connectivity index (χ0n) is 9.79. The van der Waals surface area contributed by atoms with Gasteiger partial charge in [-0.15, -0.1) is 13.2 Å². The summed E-state index contributed by atoms with van der Waals surface area (Å²) < 4.78 is 44.6. The summed E-state index contributed by atoms with van der Waals surface area (Å²) in [6.45, 7) is 0. The van der Waals surface area contributed by atoms with Crippen molar-refractivity contribution in [3.8, 4) is 17.1 Å². The number of hydrogen-bond acceptors (Lipinski definition) is 5. The lowest BCUT2D eigenvalue weighted by atomic mass is 10.1. The minimum absolute atomic E-state index is 0.0746. The normalized spacial score (nSPS) is 11.2. The number of nitrogens with two attached hydrogens (primary N) is 1. The Morgan fingerprint density at radius 3 is 2.50 bits per heavy atom. The fraction of sp³-hybridized carbons (Fsp3) is 0.0909. The summed E-state index contributed by atoms with van der Waals surface area (Å²) in [5.74, 6) is 5.25. The molecule has 0 saturated heterocycles. The maximum absolute atomic E-state index is 12.0. The molecule has 1 amide bonds. The lowest BCUT2D eigenvalue weighted by Crippen LogP contribution is -2.28. The third kappa shape index (κ3) is 3.26. The molecule has 1 aromatic heterocycles. The number of anilines is 1. The van der Waals surface area contributed by atoms with Crippen molar-refractivity contribution < 1.29 is 27.2 Å². The van der Waals surface area contributed by atoms with Crippen LogP contribution < -0.4 is 15.6 Å². The number of benzene rings is 1. The Bertz CT molecular complexity index is 595. The van der Waals surface area contributed by atoms with Crippen LogP contribution in [0.3, 0.4) is 0 Å². The highest BCUT2D eigenvalue weighted by molar-refractivity contribution is 5.73. The molecule has 0 saturated carbocycles. The number of carbonyl (C=O) groups excluding carboxylic acids is 1. The standard InChI is InChI=1S/C11H8F3N3O3/c12-11(13,14)19-8-3-1-7(2-4-8)9-5-10(16-20-9)17(15)6-18/h1-6H,15H2. The first-order chi connectivity index (χ1) is 9.39. The number of rotatable bonds is 4. The van der Waals surface area contributed by atoms with Gasteiger partial charge in [-0.25, -0.2) is 10.9 Å². The third-order valence-electron chi connectivity index (χ3n) is 2.25. The summed E-state index contributed by atoms with van der Waals surface area (Å²) in [5.41, 5.74) is 0.456. The molecular weight excluding hydrogens is 279 g/mol. The molecular formula is C11H8F3N3O3. The fourth-order valence-corrected chi connectivity index (χ4v) is 1.40. The first-order valence-electron chi connectivity index (χ1n) is 5.21. The van der Waals surface area contributed by atoms with Crippen molar-refractivity contribution in [2.24, 2.45) is 5.84 Å². The average molecular weight is 287 g/mol. The minimum Gasteiger partial charge on any atom is -0.406 e. The van der Waals surface area contributed by atoms with Crippen LogP contribution in [0.25, 0.3) is 11.3 Å². The molecule has 2 N–H and O–H groups in total. The molecule has 0 bridgehead atoms. The molecule has 1 heterocycles. The molecule has 9 heteroatoms. The van der Waals surface area contributed by atoms with Crippen LogP contribution in [0.4, 0.5) is 19.0 Å². The molecule has 0 radical (unpaired) electrons. The van der Waals surface area contributed by atoms with Gasteiger partial charge in [0.1, 0.15) is 5.75 Å². The molecule has 2 aromatic rings. The Hall–Kier alpha value is -2.55. The summed E-state index contributed by atoms with van der Waals surface area (Å²) >= 11 is 0. The number of alkyl halides is 3. The van der Waals surface area contributed by atoms with Gasteiger partial charge in [-0.1, -0.05) is 5.16 Å². The van der Waals surface area contributed by atoms with Crippen LogP contribution >= 0.6 is 0 Å². The van der Waals surface area contributed by atoms with Crippen LogP contribution in [0.5, 0.6) is 5.75 Å². The van der Waals surface area contributed by atoms with Gasteiger partial charge in [0.2, 0.25) is 6.41 Å². The fourth-order valence-electron chi connectivity index (χ4n) is 1.40. The summed E-state index contributed by atoms with van der Waals surface area (Å²) in [7, 11) is 0. The first-order valence-corrected chi connectivity index (χ1v) is 5.21. The van der Waals surface area contributed by atoms with Gasteiger partial charge in [-0.05, 0) is 24.3 Å². The lowest BCUT2D eigenvalue weighted by Gasteiger charge is -2.08. The lowest BCUT2D eigenvalue weighted by molar-refractivity contribution is -0.274. The van der Waals surface area contributed by atoms with Crippen LogP contribution in [0.1, 0.15) is 0 Å². The summed E-state index contributed by atoms with van der Waals surface area (Å²) in [6.07, 6.45) is -4.41. The molecule has 20 heavy (non-hydrogen) atoms. The largest absolute Gasteiger partial charge is 0.573 e. The van der Waals surface area contributed by atoms with Crippen LogP contribution in [0.15, 0.2) is 34.9 Å². The van der Waals surface area contributed by atoms with Crippen LogP contribution in [0.2, 0.25) is 0 Å². The second-order valence-corrected chi connectivity index (χ2v) is 3.63. The van der Waals surface area contributed by atoms with Crippen molar-refractivity contribution >= 4 is 12.2 Å². The van der Waals surface area contributed by atoms with Crippen molar-refractivity contribution in [2.45, 2.75) is 6.36 Å². The molecule has 6 nitrogen and oxygen atoms in total. The average Bonchev–Trinajstić information content (AvgIpc) is 2.86. The Balaban J connectivity index is 2.17. The predicted molar refractivity (Wildman–Crippen MR) is 61.4 cm³/mol. The van der Waals surface area contributed by atoms with Crippen molar-refractivity contribution in [2.75, 3.05) is 5.01 Å². The Labute approximate surface area is 110 Å². The second kappa shape index (κ2) is 5.21. The molecule has 0 fully saturated rings. The first kappa shape index (κ1) is 13.9. The van der Waals surface area contributed by atoms with E-state index in [1.54, 1.807) is 0 Å². The summed E-state index contributed by atoms with van der Waals surface area (Å²) in [5, 5.41) is 4.23. The summed E-state index contributed by atoms with van der Waals surface area (Å²) in [4.78, 5) is 10.4. The van der Waals surface area contributed by atoms with Crippen molar-refractivity contribution in [3.63, 3.8) is 0 Å². The number of hydrogen-bond donors (Lipinski definition) is 1. The molecule has 0 aliphatic heterocycles. The molecule has 0 spiro atoms. The van der Waals surface area contributed by atoms with Gasteiger partial charge in [-0.2, -0.15) is 0 Å². The van der Waals surface area contributed by atoms with E-state index >= 15 is 0 Å². The number of halogens is 3. The van der Waals surface area contributed by atoms with Crippen LogP contribution in [-0.2, 0) is 4.79 Å². The van der Waals surface area contributed by atoms with Crippen molar-refractivity contribution in [3.05, 3.63) is 30.3 Å². The van der Waals surface area contributed by atoms with Gasteiger partial charge in [-0.3, -0.25) is 4.79 Å². The van der Waals surface area contributed by atoms with E-state index in [0.717, 1.165) is 12.1 Å². The van der Waals surface area contributed by atoms with E-state index in [1.165, 1.54) is 18.2 Å². The number of amides is 1. The van der Waals surface area contributed by atoms with Gasteiger partial charge in [0.25, 0.3) is 0 Å². The number of ether oxygens (including phenoxy) is 1. The topological polar surface area (TPSA) is 81.6 Å². The highest BCUT2D eigenvalue weighted by Crippen LogP contribution is 2.27. The zero-order valence-corrected chi connectivity index (χ0v) is 9.79. The SMILES string of the molecule is NN(C=O)c1cc(-c2ccc(OC(F)(F)F)cc2)on1. The molecule has 0 atom stereocenters. The number of carbonyl (C=O) groups is 1. The van der Waals surface area contributed by atoms with E-state index in [9.17, 15) is 18.0 Å². The molecule has 0 aliphatic rings.